The summed E-state index contributed by atoms with van der Waals surface area (Å²) >= 11 is 0. The predicted octanol–water partition coefficient (Wildman–Crippen LogP) is 2.75. The van der Waals surface area contributed by atoms with Crippen LogP contribution in [0.3, 0.4) is 0 Å². The molecule has 0 saturated carbocycles. The summed E-state index contributed by atoms with van der Waals surface area (Å²) < 4.78 is 5.55. The lowest BCUT2D eigenvalue weighted by Crippen LogP contribution is -2.41. The minimum absolute atomic E-state index is 0.238. The summed E-state index contributed by atoms with van der Waals surface area (Å²) in [7, 11) is 0. The quantitative estimate of drug-likeness (QED) is 0.637. The van der Waals surface area contributed by atoms with E-state index in [1.165, 1.54) is 6.33 Å². The fraction of sp³-hybridized carbons (Fsp3) is 0.444. The van der Waals surface area contributed by atoms with Crippen molar-refractivity contribution >= 4 is 29.0 Å². The molecule has 1 aromatic heterocycles. The highest BCUT2D eigenvalue weighted by Gasteiger charge is 2.35. The van der Waals surface area contributed by atoms with Crippen LogP contribution in [0.15, 0.2) is 24.5 Å². The molecule has 0 bridgehead atoms. The summed E-state index contributed by atoms with van der Waals surface area (Å²) in [4.78, 5) is 34.2. The summed E-state index contributed by atoms with van der Waals surface area (Å²) in [5.74, 6) is 0.440. The van der Waals surface area contributed by atoms with Crippen LogP contribution in [-0.2, 0) is 9.53 Å². The number of ether oxygens (including phenoxy) is 1. The van der Waals surface area contributed by atoms with Crippen LogP contribution < -0.4 is 4.90 Å². The normalized spacial score (nSPS) is 18.0. The lowest BCUT2D eigenvalue weighted by molar-refractivity contribution is -0.156. The van der Waals surface area contributed by atoms with E-state index in [0.717, 1.165) is 36.6 Å². The van der Waals surface area contributed by atoms with E-state index in [2.05, 4.69) is 9.97 Å². The van der Waals surface area contributed by atoms with E-state index in [1.807, 2.05) is 25.7 Å². The Morgan fingerprint density at radius 2 is 2.12 bits per heavy atom. The molecular weight excluding hydrogens is 306 g/mol. The highest BCUT2D eigenvalue weighted by Crippen LogP contribution is 2.31. The molecule has 1 unspecified atom stereocenters. The first-order valence-electron chi connectivity index (χ1n) is 8.08. The first-order chi connectivity index (χ1) is 11.4. The Labute approximate surface area is 140 Å². The van der Waals surface area contributed by atoms with Gasteiger partial charge in [0.05, 0.1) is 5.52 Å². The number of carbonyl (C=O) groups excluding carboxylic acids is 2. The smallest absolute Gasteiger partial charge is 0.329 e. The van der Waals surface area contributed by atoms with Gasteiger partial charge in [0.2, 0.25) is 0 Å². The van der Waals surface area contributed by atoms with Crippen LogP contribution in [0.2, 0.25) is 0 Å². The number of carbonyl (C=O) groups is 2. The van der Waals surface area contributed by atoms with Gasteiger partial charge < -0.3 is 9.64 Å². The Morgan fingerprint density at radius 1 is 1.33 bits per heavy atom. The molecule has 126 valence electrons. The molecule has 0 amide bonds. The maximum atomic E-state index is 12.5. The minimum Gasteiger partial charge on any atom is -0.458 e. The third-order valence-electron chi connectivity index (χ3n) is 3.98. The molecule has 6 nitrogen and oxygen atoms in total. The highest BCUT2D eigenvalue weighted by atomic mass is 16.6. The molecule has 1 aliphatic heterocycles. The van der Waals surface area contributed by atoms with E-state index in [0.29, 0.717) is 11.4 Å². The fourth-order valence-electron chi connectivity index (χ4n) is 3.00. The van der Waals surface area contributed by atoms with Gasteiger partial charge in [-0.3, -0.25) is 4.79 Å². The Kier molecular flexibility index (Phi) is 4.22. The van der Waals surface area contributed by atoms with Gasteiger partial charge in [-0.15, -0.1) is 0 Å². The maximum absolute atomic E-state index is 12.5. The zero-order valence-corrected chi connectivity index (χ0v) is 14.2. The number of hydrogen-bond acceptors (Lipinski definition) is 6. The van der Waals surface area contributed by atoms with Crippen molar-refractivity contribution in [2.75, 3.05) is 11.4 Å². The topological polar surface area (TPSA) is 72.4 Å². The summed E-state index contributed by atoms with van der Waals surface area (Å²) in [6.45, 7) is 6.31. The summed E-state index contributed by atoms with van der Waals surface area (Å²) in [6, 6.07) is 4.93. The van der Waals surface area contributed by atoms with Gasteiger partial charge >= 0.3 is 5.97 Å². The summed E-state index contributed by atoms with van der Waals surface area (Å²) in [5, 5.41) is 0.776. The number of anilines is 1. The van der Waals surface area contributed by atoms with Crippen molar-refractivity contribution in [3.63, 3.8) is 0 Å². The van der Waals surface area contributed by atoms with Crippen molar-refractivity contribution in [1.29, 1.82) is 0 Å². The number of nitrogens with zero attached hydrogens (tertiary/aromatic N) is 3. The SMILES string of the molecule is CC(C)(C)OC(=O)C1CCCN1c1ncnc2ccc(C=O)cc12. The molecule has 0 N–H and O–H groups in total. The van der Waals surface area contributed by atoms with Gasteiger partial charge in [-0.05, 0) is 51.8 Å². The summed E-state index contributed by atoms with van der Waals surface area (Å²) in [5.41, 5.74) is 0.788. The van der Waals surface area contributed by atoms with E-state index >= 15 is 0 Å². The predicted molar refractivity (Wildman–Crippen MR) is 91.1 cm³/mol. The van der Waals surface area contributed by atoms with E-state index in [9.17, 15) is 9.59 Å². The van der Waals surface area contributed by atoms with Gasteiger partial charge in [0, 0.05) is 17.5 Å². The Morgan fingerprint density at radius 3 is 2.83 bits per heavy atom. The molecule has 3 rings (SSSR count). The lowest BCUT2D eigenvalue weighted by atomic mass is 10.1. The average molecular weight is 327 g/mol. The van der Waals surface area contributed by atoms with Crippen LogP contribution in [0.4, 0.5) is 5.82 Å². The maximum Gasteiger partial charge on any atom is 0.329 e. The van der Waals surface area contributed by atoms with Gasteiger partial charge in [0.25, 0.3) is 0 Å². The van der Waals surface area contributed by atoms with Crippen molar-refractivity contribution in [2.45, 2.75) is 45.3 Å². The number of benzene rings is 1. The largest absolute Gasteiger partial charge is 0.458 e. The second-order valence-corrected chi connectivity index (χ2v) is 6.98. The van der Waals surface area contributed by atoms with Gasteiger partial charge in [-0.1, -0.05) is 0 Å². The molecule has 24 heavy (non-hydrogen) atoms. The fourth-order valence-corrected chi connectivity index (χ4v) is 3.00. The first-order valence-corrected chi connectivity index (χ1v) is 8.08. The van der Waals surface area contributed by atoms with Crippen LogP contribution in [0.5, 0.6) is 0 Å². The third-order valence-corrected chi connectivity index (χ3v) is 3.98. The standard InChI is InChI=1S/C18H21N3O3/c1-18(2,3)24-17(23)15-5-4-8-21(15)16-13-9-12(10-22)6-7-14(13)19-11-20-16/h6-7,9-11,15H,4-5,8H2,1-3H3. The van der Waals surface area contributed by atoms with Crippen molar-refractivity contribution in [1.82, 2.24) is 9.97 Å². The summed E-state index contributed by atoms with van der Waals surface area (Å²) in [6.07, 6.45) is 3.91. The molecule has 0 spiro atoms. The average Bonchev–Trinajstić information content (AvgIpc) is 3.01. The molecule has 2 heterocycles. The first kappa shape index (κ1) is 16.4. The number of hydrogen-bond donors (Lipinski definition) is 0. The zero-order chi connectivity index (χ0) is 17.3. The number of aldehydes is 1. The van der Waals surface area contributed by atoms with Crippen molar-refractivity contribution in [3.05, 3.63) is 30.1 Å². The number of rotatable bonds is 3. The van der Waals surface area contributed by atoms with Crippen LogP contribution in [-0.4, -0.2) is 40.4 Å². The van der Waals surface area contributed by atoms with Gasteiger partial charge in [-0.2, -0.15) is 0 Å². The minimum atomic E-state index is -0.524. The molecule has 1 aliphatic rings. The molecule has 1 fully saturated rings. The molecule has 1 aromatic carbocycles. The van der Waals surface area contributed by atoms with Crippen molar-refractivity contribution in [3.8, 4) is 0 Å². The number of esters is 1. The molecule has 2 aromatic rings. The van der Waals surface area contributed by atoms with Gasteiger partial charge in [-0.25, -0.2) is 14.8 Å². The van der Waals surface area contributed by atoms with E-state index < -0.39 is 5.60 Å². The Balaban J connectivity index is 1.99. The van der Waals surface area contributed by atoms with Crippen molar-refractivity contribution < 1.29 is 14.3 Å². The monoisotopic (exact) mass is 327 g/mol. The van der Waals surface area contributed by atoms with E-state index in [-0.39, 0.29) is 12.0 Å². The van der Waals surface area contributed by atoms with E-state index in [1.54, 1.807) is 18.2 Å². The molecule has 1 atom stereocenters. The third kappa shape index (κ3) is 3.22. The molecular formula is C18H21N3O3. The zero-order valence-electron chi connectivity index (χ0n) is 14.2. The lowest BCUT2D eigenvalue weighted by Gasteiger charge is -2.28. The Bertz CT molecular complexity index is 783. The Hall–Kier alpha value is -2.50. The second-order valence-electron chi connectivity index (χ2n) is 6.98. The molecule has 6 heteroatoms. The molecule has 0 radical (unpaired) electrons. The molecule has 1 saturated heterocycles. The van der Waals surface area contributed by atoms with Crippen LogP contribution in [0, 0.1) is 0 Å². The number of aromatic nitrogens is 2. The van der Waals surface area contributed by atoms with Crippen LogP contribution in [0.25, 0.3) is 10.9 Å². The van der Waals surface area contributed by atoms with E-state index in [4.69, 9.17) is 4.74 Å². The second kappa shape index (κ2) is 6.19. The number of fused-ring (bicyclic) bond motifs is 1. The van der Waals surface area contributed by atoms with Crippen molar-refractivity contribution in [2.24, 2.45) is 0 Å². The van der Waals surface area contributed by atoms with Gasteiger partial charge in [0.1, 0.15) is 30.1 Å². The molecule has 0 aliphatic carbocycles. The van der Waals surface area contributed by atoms with Crippen LogP contribution in [0.1, 0.15) is 44.0 Å². The highest BCUT2D eigenvalue weighted by molar-refractivity contribution is 5.95. The van der Waals surface area contributed by atoms with Gasteiger partial charge in [0.15, 0.2) is 0 Å². The van der Waals surface area contributed by atoms with Crippen LogP contribution >= 0.6 is 0 Å².